The Morgan fingerprint density at radius 1 is 0.895 bits per heavy atom. The molecule has 0 aliphatic carbocycles. The van der Waals surface area contributed by atoms with Crippen LogP contribution in [0.3, 0.4) is 0 Å². The fourth-order valence-electron chi connectivity index (χ4n) is 2.26. The number of carbonyl (C=O) groups is 1. The number of esters is 1. The standard InChI is InChI=1S/C16H32O3/c1-3-4-5-6-7-8-9-10-11-12-13-14-15(17)16(18)19-2/h15,17H,3-14H2,1-2H3/t15-/m1/s1. The van der Waals surface area contributed by atoms with Crippen LogP contribution in [-0.4, -0.2) is 24.3 Å². The van der Waals surface area contributed by atoms with Crippen LogP contribution in [0, 0.1) is 0 Å². The van der Waals surface area contributed by atoms with Gasteiger partial charge in [-0.15, -0.1) is 0 Å². The number of aliphatic hydroxyl groups is 1. The van der Waals surface area contributed by atoms with Crippen LogP contribution in [-0.2, 0) is 9.53 Å². The van der Waals surface area contributed by atoms with Crippen LogP contribution < -0.4 is 0 Å². The van der Waals surface area contributed by atoms with E-state index in [1.54, 1.807) is 0 Å². The Morgan fingerprint density at radius 2 is 1.32 bits per heavy atom. The highest BCUT2D eigenvalue weighted by atomic mass is 16.5. The number of ether oxygens (including phenoxy) is 1. The van der Waals surface area contributed by atoms with E-state index in [2.05, 4.69) is 11.7 Å². The molecule has 0 amide bonds. The van der Waals surface area contributed by atoms with Crippen LogP contribution in [0.1, 0.15) is 84.0 Å². The number of carbonyl (C=O) groups excluding carboxylic acids is 1. The summed E-state index contributed by atoms with van der Waals surface area (Å²) in [6, 6.07) is 0. The van der Waals surface area contributed by atoms with E-state index in [1.165, 1.54) is 64.9 Å². The van der Waals surface area contributed by atoms with Gasteiger partial charge in [-0.05, 0) is 6.42 Å². The molecule has 0 radical (unpaired) electrons. The average molecular weight is 272 g/mol. The number of methoxy groups -OCH3 is 1. The quantitative estimate of drug-likeness (QED) is 0.403. The SMILES string of the molecule is CCCCCCCCCCCCC[C@@H](O)C(=O)OC. The maximum atomic E-state index is 11.0. The second-order valence-electron chi connectivity index (χ2n) is 5.36. The monoisotopic (exact) mass is 272 g/mol. The summed E-state index contributed by atoms with van der Waals surface area (Å²) >= 11 is 0. The van der Waals surface area contributed by atoms with Crippen LogP contribution in [0.2, 0.25) is 0 Å². The maximum absolute atomic E-state index is 11.0. The third-order valence-corrected chi connectivity index (χ3v) is 3.55. The van der Waals surface area contributed by atoms with Gasteiger partial charge in [0.2, 0.25) is 0 Å². The van der Waals surface area contributed by atoms with Gasteiger partial charge in [0.05, 0.1) is 7.11 Å². The Labute approximate surface area is 118 Å². The maximum Gasteiger partial charge on any atom is 0.334 e. The molecule has 19 heavy (non-hydrogen) atoms. The largest absolute Gasteiger partial charge is 0.467 e. The first-order valence-electron chi connectivity index (χ1n) is 7.98. The topological polar surface area (TPSA) is 46.5 Å². The molecule has 0 aromatic rings. The Balaban J connectivity index is 3.12. The van der Waals surface area contributed by atoms with Gasteiger partial charge in [-0.1, -0.05) is 77.6 Å². The summed E-state index contributed by atoms with van der Waals surface area (Å²) in [7, 11) is 1.31. The van der Waals surface area contributed by atoms with Crippen molar-refractivity contribution >= 4 is 5.97 Å². The molecule has 0 rings (SSSR count). The number of hydrogen-bond acceptors (Lipinski definition) is 3. The minimum absolute atomic E-state index is 0.507. The second-order valence-corrected chi connectivity index (χ2v) is 5.36. The molecule has 0 unspecified atom stereocenters. The third-order valence-electron chi connectivity index (χ3n) is 3.55. The van der Waals surface area contributed by atoms with Crippen molar-refractivity contribution in [3.05, 3.63) is 0 Å². The van der Waals surface area contributed by atoms with Crippen molar-refractivity contribution in [1.29, 1.82) is 0 Å². The summed E-state index contributed by atoms with van der Waals surface area (Å²) in [5.74, 6) is -0.507. The summed E-state index contributed by atoms with van der Waals surface area (Å²) in [4.78, 5) is 11.0. The van der Waals surface area contributed by atoms with E-state index in [0.29, 0.717) is 6.42 Å². The van der Waals surface area contributed by atoms with E-state index in [0.717, 1.165) is 12.8 Å². The molecule has 3 heteroatoms. The molecule has 0 spiro atoms. The van der Waals surface area contributed by atoms with Gasteiger partial charge in [0.15, 0.2) is 6.10 Å². The van der Waals surface area contributed by atoms with Crippen molar-refractivity contribution in [1.82, 2.24) is 0 Å². The van der Waals surface area contributed by atoms with E-state index in [4.69, 9.17) is 0 Å². The molecule has 0 aromatic heterocycles. The van der Waals surface area contributed by atoms with Crippen molar-refractivity contribution in [2.24, 2.45) is 0 Å². The minimum atomic E-state index is -0.927. The lowest BCUT2D eigenvalue weighted by Gasteiger charge is -2.07. The van der Waals surface area contributed by atoms with Gasteiger partial charge >= 0.3 is 5.97 Å². The van der Waals surface area contributed by atoms with Gasteiger partial charge in [-0.2, -0.15) is 0 Å². The summed E-state index contributed by atoms with van der Waals surface area (Å²) in [5, 5.41) is 9.39. The van der Waals surface area contributed by atoms with Gasteiger partial charge in [-0.3, -0.25) is 0 Å². The van der Waals surface area contributed by atoms with E-state index < -0.39 is 12.1 Å². The molecule has 1 N–H and O–H groups in total. The molecular formula is C16H32O3. The molecule has 114 valence electrons. The highest BCUT2D eigenvalue weighted by molar-refractivity contribution is 5.74. The molecule has 0 bridgehead atoms. The lowest BCUT2D eigenvalue weighted by molar-refractivity contribution is -0.150. The number of aliphatic hydroxyl groups excluding tert-OH is 1. The van der Waals surface area contributed by atoms with Crippen LogP contribution >= 0.6 is 0 Å². The normalized spacial score (nSPS) is 12.4. The van der Waals surface area contributed by atoms with Crippen LogP contribution in [0.5, 0.6) is 0 Å². The summed E-state index contributed by atoms with van der Waals surface area (Å²) < 4.78 is 4.47. The molecule has 1 atom stereocenters. The first kappa shape index (κ1) is 18.4. The number of rotatable bonds is 13. The van der Waals surface area contributed by atoms with E-state index >= 15 is 0 Å². The van der Waals surface area contributed by atoms with Crippen LogP contribution in [0.15, 0.2) is 0 Å². The number of hydrogen-bond donors (Lipinski definition) is 1. The van der Waals surface area contributed by atoms with Gasteiger partial charge in [0.25, 0.3) is 0 Å². The molecule has 0 aromatic carbocycles. The van der Waals surface area contributed by atoms with E-state index in [-0.39, 0.29) is 0 Å². The zero-order valence-corrected chi connectivity index (χ0v) is 12.8. The zero-order valence-electron chi connectivity index (χ0n) is 12.8. The first-order valence-corrected chi connectivity index (χ1v) is 7.98. The van der Waals surface area contributed by atoms with Crippen LogP contribution in [0.4, 0.5) is 0 Å². The third kappa shape index (κ3) is 12.2. The van der Waals surface area contributed by atoms with E-state index in [1.807, 2.05) is 0 Å². The molecule has 3 nitrogen and oxygen atoms in total. The fourth-order valence-corrected chi connectivity index (χ4v) is 2.26. The predicted molar refractivity (Wildman–Crippen MR) is 79.1 cm³/mol. The van der Waals surface area contributed by atoms with Crippen molar-refractivity contribution < 1.29 is 14.6 Å². The molecule has 0 aliphatic heterocycles. The Hall–Kier alpha value is -0.570. The smallest absolute Gasteiger partial charge is 0.334 e. The highest BCUT2D eigenvalue weighted by Gasteiger charge is 2.13. The van der Waals surface area contributed by atoms with Gasteiger partial charge < -0.3 is 9.84 Å². The molecule has 0 heterocycles. The molecule has 0 saturated heterocycles. The van der Waals surface area contributed by atoms with Crippen molar-refractivity contribution in [3.8, 4) is 0 Å². The first-order chi connectivity index (χ1) is 9.22. The van der Waals surface area contributed by atoms with Crippen molar-refractivity contribution in [3.63, 3.8) is 0 Å². The summed E-state index contributed by atoms with van der Waals surface area (Å²) in [6.07, 6.45) is 13.6. The van der Waals surface area contributed by atoms with Gasteiger partial charge in [0.1, 0.15) is 0 Å². The van der Waals surface area contributed by atoms with Crippen LogP contribution in [0.25, 0.3) is 0 Å². The summed E-state index contributed by atoms with van der Waals surface area (Å²) in [5.41, 5.74) is 0. The second kappa shape index (κ2) is 13.9. The predicted octanol–water partition coefficient (Wildman–Crippen LogP) is 4.22. The zero-order chi connectivity index (χ0) is 14.3. The van der Waals surface area contributed by atoms with Gasteiger partial charge in [-0.25, -0.2) is 4.79 Å². The molecule has 0 fully saturated rings. The minimum Gasteiger partial charge on any atom is -0.467 e. The number of unbranched alkanes of at least 4 members (excludes halogenated alkanes) is 10. The fraction of sp³-hybridized carbons (Fsp3) is 0.938. The lowest BCUT2D eigenvalue weighted by Crippen LogP contribution is -2.21. The Bertz CT molecular complexity index is 204. The van der Waals surface area contributed by atoms with E-state index in [9.17, 15) is 9.90 Å². The average Bonchev–Trinajstić information content (AvgIpc) is 2.43. The Kier molecular flexibility index (Phi) is 13.4. The van der Waals surface area contributed by atoms with Crippen molar-refractivity contribution in [2.45, 2.75) is 90.1 Å². The lowest BCUT2D eigenvalue weighted by atomic mass is 10.0. The Morgan fingerprint density at radius 3 is 1.74 bits per heavy atom. The molecule has 0 aliphatic rings. The highest BCUT2D eigenvalue weighted by Crippen LogP contribution is 2.12. The summed E-state index contributed by atoms with van der Waals surface area (Å²) in [6.45, 7) is 2.25. The van der Waals surface area contributed by atoms with Crippen molar-refractivity contribution in [2.75, 3.05) is 7.11 Å². The molecular weight excluding hydrogens is 240 g/mol. The molecule has 0 saturated carbocycles. The van der Waals surface area contributed by atoms with Gasteiger partial charge in [0, 0.05) is 0 Å².